The number of aromatic nitrogens is 4. The van der Waals surface area contributed by atoms with E-state index in [1.54, 1.807) is 6.20 Å². The number of anilines is 1. The fourth-order valence-electron chi connectivity index (χ4n) is 2.24. The van der Waals surface area contributed by atoms with E-state index in [9.17, 15) is 0 Å². The van der Waals surface area contributed by atoms with E-state index in [0.29, 0.717) is 5.82 Å². The molecule has 0 atom stereocenters. The van der Waals surface area contributed by atoms with Gasteiger partial charge in [-0.2, -0.15) is 5.10 Å². The molecule has 2 heterocycles. The molecular formula is C13H15N5. The van der Waals surface area contributed by atoms with E-state index in [0.717, 1.165) is 29.0 Å². The van der Waals surface area contributed by atoms with E-state index in [4.69, 9.17) is 5.73 Å². The second kappa shape index (κ2) is 3.87. The molecule has 3 rings (SSSR count). The number of nitrogens with two attached hydrogens (primary N) is 1. The predicted octanol–water partition coefficient (Wildman–Crippen LogP) is 2.34. The molecule has 0 unspecified atom stereocenters. The zero-order valence-corrected chi connectivity index (χ0v) is 10.4. The molecule has 3 aromatic rings. The van der Waals surface area contributed by atoms with Gasteiger partial charge < -0.3 is 10.3 Å². The van der Waals surface area contributed by atoms with E-state index in [-0.39, 0.29) is 0 Å². The van der Waals surface area contributed by atoms with Crippen LogP contribution in [-0.4, -0.2) is 19.7 Å². The van der Waals surface area contributed by atoms with Crippen molar-refractivity contribution in [2.45, 2.75) is 20.4 Å². The highest BCUT2D eigenvalue weighted by molar-refractivity contribution is 5.83. The number of nitrogen functional groups attached to an aromatic ring is 1. The highest BCUT2D eigenvalue weighted by Gasteiger charge is 2.14. The number of nitrogens with zero attached hydrogens (tertiary/aromatic N) is 3. The highest BCUT2D eigenvalue weighted by Crippen LogP contribution is 2.27. The van der Waals surface area contributed by atoms with Crippen molar-refractivity contribution in [3.8, 4) is 11.4 Å². The minimum Gasteiger partial charge on any atom is -0.383 e. The van der Waals surface area contributed by atoms with Crippen molar-refractivity contribution in [2.75, 3.05) is 5.73 Å². The fourth-order valence-corrected chi connectivity index (χ4v) is 2.24. The SMILES string of the molecule is CCn1c(-c2cn[nH]c2N)nc2cc(C)ccc21. The molecule has 5 nitrogen and oxygen atoms in total. The minimum absolute atomic E-state index is 0.553. The fraction of sp³-hybridized carbons (Fsp3) is 0.231. The number of aromatic amines is 1. The minimum atomic E-state index is 0.553. The normalized spacial score (nSPS) is 11.2. The van der Waals surface area contributed by atoms with Crippen LogP contribution in [0.4, 0.5) is 5.82 Å². The van der Waals surface area contributed by atoms with E-state index in [2.05, 4.69) is 51.8 Å². The lowest BCUT2D eigenvalue weighted by molar-refractivity contribution is 0.796. The Morgan fingerprint density at radius 3 is 2.89 bits per heavy atom. The van der Waals surface area contributed by atoms with Gasteiger partial charge in [0.05, 0.1) is 22.8 Å². The summed E-state index contributed by atoms with van der Waals surface area (Å²) in [4.78, 5) is 4.67. The van der Waals surface area contributed by atoms with E-state index >= 15 is 0 Å². The van der Waals surface area contributed by atoms with Crippen LogP contribution in [-0.2, 0) is 6.54 Å². The molecule has 18 heavy (non-hydrogen) atoms. The Labute approximate surface area is 105 Å². The topological polar surface area (TPSA) is 72.5 Å². The van der Waals surface area contributed by atoms with Crippen LogP contribution in [0.1, 0.15) is 12.5 Å². The predicted molar refractivity (Wildman–Crippen MR) is 72.1 cm³/mol. The molecular weight excluding hydrogens is 226 g/mol. The summed E-state index contributed by atoms with van der Waals surface area (Å²) in [6, 6.07) is 6.28. The molecule has 0 fully saturated rings. The molecule has 0 aliphatic heterocycles. The summed E-state index contributed by atoms with van der Waals surface area (Å²) in [7, 11) is 0. The van der Waals surface area contributed by atoms with Crippen molar-refractivity contribution >= 4 is 16.9 Å². The zero-order valence-electron chi connectivity index (χ0n) is 10.4. The van der Waals surface area contributed by atoms with Crippen LogP contribution < -0.4 is 5.73 Å². The Hall–Kier alpha value is -2.30. The standard InChI is InChI=1S/C13H15N5/c1-3-18-11-5-4-8(2)6-10(11)16-13(18)9-7-15-17-12(9)14/h4-7H,3H2,1-2H3,(H3,14,15,17). The summed E-state index contributed by atoms with van der Waals surface area (Å²) in [6.45, 7) is 5.01. The average molecular weight is 241 g/mol. The first-order chi connectivity index (χ1) is 8.70. The van der Waals surface area contributed by atoms with Crippen LogP contribution in [0, 0.1) is 6.92 Å². The van der Waals surface area contributed by atoms with Crippen LogP contribution in [0.15, 0.2) is 24.4 Å². The van der Waals surface area contributed by atoms with Crippen molar-refractivity contribution in [3.05, 3.63) is 30.0 Å². The van der Waals surface area contributed by atoms with Gasteiger partial charge in [-0.1, -0.05) is 6.07 Å². The molecule has 0 amide bonds. The Morgan fingerprint density at radius 1 is 1.39 bits per heavy atom. The van der Waals surface area contributed by atoms with Gasteiger partial charge in [0.1, 0.15) is 11.6 Å². The number of hydrogen-bond donors (Lipinski definition) is 2. The molecule has 0 aliphatic rings. The van der Waals surface area contributed by atoms with Crippen LogP contribution in [0.3, 0.4) is 0 Å². The number of rotatable bonds is 2. The van der Waals surface area contributed by atoms with Crippen molar-refractivity contribution in [1.29, 1.82) is 0 Å². The van der Waals surface area contributed by atoms with Gasteiger partial charge >= 0.3 is 0 Å². The maximum atomic E-state index is 5.88. The Balaban J connectivity index is 2.32. The van der Waals surface area contributed by atoms with Gasteiger partial charge in [-0.05, 0) is 31.5 Å². The summed E-state index contributed by atoms with van der Waals surface area (Å²) < 4.78 is 2.15. The van der Waals surface area contributed by atoms with Crippen LogP contribution in [0.2, 0.25) is 0 Å². The number of nitrogens with one attached hydrogen (secondary N) is 1. The van der Waals surface area contributed by atoms with Crippen LogP contribution in [0.5, 0.6) is 0 Å². The second-order valence-corrected chi connectivity index (χ2v) is 4.37. The Morgan fingerprint density at radius 2 is 2.22 bits per heavy atom. The first kappa shape index (κ1) is 10.8. The van der Waals surface area contributed by atoms with Gasteiger partial charge in [-0.25, -0.2) is 4.98 Å². The van der Waals surface area contributed by atoms with E-state index in [1.807, 2.05) is 0 Å². The quantitative estimate of drug-likeness (QED) is 0.723. The maximum Gasteiger partial charge on any atom is 0.146 e. The summed E-state index contributed by atoms with van der Waals surface area (Å²) in [5.41, 5.74) is 10.0. The van der Waals surface area contributed by atoms with Crippen molar-refractivity contribution in [2.24, 2.45) is 0 Å². The number of benzene rings is 1. The number of imidazole rings is 1. The molecule has 0 spiro atoms. The number of H-pyrrole nitrogens is 1. The molecule has 0 aliphatic carbocycles. The average Bonchev–Trinajstić information content (AvgIpc) is 2.91. The third kappa shape index (κ3) is 1.48. The summed E-state index contributed by atoms with van der Waals surface area (Å²) in [5.74, 6) is 1.42. The molecule has 2 aromatic heterocycles. The molecule has 0 saturated heterocycles. The number of aryl methyl sites for hydroxylation is 2. The first-order valence-electron chi connectivity index (χ1n) is 5.96. The molecule has 5 heteroatoms. The van der Waals surface area contributed by atoms with Gasteiger partial charge in [-0.3, -0.25) is 5.10 Å². The van der Waals surface area contributed by atoms with Crippen LogP contribution >= 0.6 is 0 Å². The molecule has 0 bridgehead atoms. The largest absolute Gasteiger partial charge is 0.383 e. The Kier molecular flexibility index (Phi) is 2.33. The molecule has 3 N–H and O–H groups in total. The van der Waals surface area contributed by atoms with Crippen molar-refractivity contribution in [1.82, 2.24) is 19.7 Å². The maximum absolute atomic E-state index is 5.88. The number of fused-ring (bicyclic) bond motifs is 1. The zero-order chi connectivity index (χ0) is 12.7. The lowest BCUT2D eigenvalue weighted by atomic mass is 10.2. The van der Waals surface area contributed by atoms with Gasteiger partial charge in [0.15, 0.2) is 0 Å². The van der Waals surface area contributed by atoms with Gasteiger partial charge in [0.2, 0.25) is 0 Å². The van der Waals surface area contributed by atoms with Crippen LogP contribution in [0.25, 0.3) is 22.4 Å². The summed E-state index contributed by atoms with van der Waals surface area (Å²) >= 11 is 0. The smallest absolute Gasteiger partial charge is 0.146 e. The lowest BCUT2D eigenvalue weighted by Gasteiger charge is -2.04. The lowest BCUT2D eigenvalue weighted by Crippen LogP contribution is -1.98. The third-order valence-electron chi connectivity index (χ3n) is 3.13. The molecule has 0 radical (unpaired) electrons. The number of hydrogen-bond acceptors (Lipinski definition) is 3. The van der Waals surface area contributed by atoms with Crippen molar-refractivity contribution < 1.29 is 0 Å². The third-order valence-corrected chi connectivity index (χ3v) is 3.13. The van der Waals surface area contributed by atoms with Gasteiger partial charge in [0, 0.05) is 6.54 Å². The summed E-state index contributed by atoms with van der Waals surface area (Å²) in [5, 5.41) is 6.71. The van der Waals surface area contributed by atoms with Crippen molar-refractivity contribution in [3.63, 3.8) is 0 Å². The van der Waals surface area contributed by atoms with Gasteiger partial charge in [0.25, 0.3) is 0 Å². The van der Waals surface area contributed by atoms with E-state index in [1.165, 1.54) is 5.56 Å². The Bertz CT molecular complexity index is 707. The second-order valence-electron chi connectivity index (χ2n) is 4.37. The monoisotopic (exact) mass is 241 g/mol. The highest BCUT2D eigenvalue weighted by atomic mass is 15.2. The summed E-state index contributed by atoms with van der Waals surface area (Å²) in [6.07, 6.45) is 1.72. The molecule has 0 saturated carbocycles. The van der Waals surface area contributed by atoms with E-state index < -0.39 is 0 Å². The van der Waals surface area contributed by atoms with Gasteiger partial charge in [-0.15, -0.1) is 0 Å². The first-order valence-corrected chi connectivity index (χ1v) is 5.96. The molecule has 1 aromatic carbocycles. The molecule has 92 valence electrons.